The molecule has 98 valence electrons. The number of hydrogen-bond acceptors (Lipinski definition) is 3. The molecule has 1 fully saturated rings. The third-order valence-corrected chi connectivity index (χ3v) is 3.69. The van der Waals surface area contributed by atoms with E-state index in [0.29, 0.717) is 0 Å². The van der Waals surface area contributed by atoms with Crippen molar-refractivity contribution in [1.82, 2.24) is 10.2 Å². The van der Waals surface area contributed by atoms with E-state index in [2.05, 4.69) is 17.1 Å². The molecule has 2 unspecified atom stereocenters. The van der Waals surface area contributed by atoms with E-state index in [0.717, 1.165) is 38.6 Å². The molecule has 0 aliphatic carbocycles. The van der Waals surface area contributed by atoms with Crippen molar-refractivity contribution in [3.63, 3.8) is 0 Å². The van der Waals surface area contributed by atoms with Gasteiger partial charge in [0.15, 0.2) is 0 Å². The first-order valence-corrected chi connectivity index (χ1v) is 6.58. The zero-order valence-corrected chi connectivity index (χ0v) is 11.1. The molecular formula is C13H24N2O2. The highest BCUT2D eigenvalue weighted by Crippen LogP contribution is 2.17. The van der Waals surface area contributed by atoms with Gasteiger partial charge in [-0.15, -0.1) is 0 Å². The Bertz CT molecular complexity index is 260. The van der Waals surface area contributed by atoms with Gasteiger partial charge < -0.3 is 10.1 Å². The second-order valence-corrected chi connectivity index (χ2v) is 5.00. The molecule has 2 atom stereocenters. The summed E-state index contributed by atoms with van der Waals surface area (Å²) >= 11 is 0. The predicted molar refractivity (Wildman–Crippen MR) is 67.7 cm³/mol. The van der Waals surface area contributed by atoms with E-state index in [9.17, 15) is 9.59 Å². The topological polar surface area (TPSA) is 49.4 Å². The summed E-state index contributed by atoms with van der Waals surface area (Å²) in [5.41, 5.74) is 0. The SMILES string of the molecule is CCC(C)NC(=O)C(C)N1CCC(C=O)CC1. The van der Waals surface area contributed by atoms with E-state index < -0.39 is 0 Å². The van der Waals surface area contributed by atoms with Gasteiger partial charge in [0.25, 0.3) is 0 Å². The van der Waals surface area contributed by atoms with Crippen molar-refractivity contribution in [1.29, 1.82) is 0 Å². The minimum Gasteiger partial charge on any atom is -0.352 e. The first-order chi connectivity index (χ1) is 8.08. The zero-order valence-electron chi connectivity index (χ0n) is 11.1. The molecule has 0 aromatic carbocycles. The first kappa shape index (κ1) is 14.2. The van der Waals surface area contributed by atoms with E-state index in [4.69, 9.17) is 0 Å². The maximum absolute atomic E-state index is 11.9. The maximum atomic E-state index is 11.9. The Morgan fingerprint density at radius 2 is 2.00 bits per heavy atom. The van der Waals surface area contributed by atoms with Crippen molar-refractivity contribution in [2.24, 2.45) is 5.92 Å². The minimum atomic E-state index is -0.0865. The highest BCUT2D eigenvalue weighted by atomic mass is 16.2. The lowest BCUT2D eigenvalue weighted by molar-refractivity contribution is -0.127. The van der Waals surface area contributed by atoms with Crippen LogP contribution in [0.4, 0.5) is 0 Å². The number of piperidine rings is 1. The van der Waals surface area contributed by atoms with Crippen LogP contribution in [0.25, 0.3) is 0 Å². The van der Waals surface area contributed by atoms with Crippen LogP contribution in [0.1, 0.15) is 40.0 Å². The maximum Gasteiger partial charge on any atom is 0.237 e. The van der Waals surface area contributed by atoms with Gasteiger partial charge in [0, 0.05) is 12.0 Å². The standard InChI is InChI=1S/C13H24N2O2/c1-4-10(2)14-13(17)11(3)15-7-5-12(9-16)6-8-15/h9-12H,4-8H2,1-3H3,(H,14,17). The van der Waals surface area contributed by atoms with E-state index in [-0.39, 0.29) is 23.9 Å². The number of nitrogens with one attached hydrogen (secondary N) is 1. The molecule has 0 saturated carbocycles. The average Bonchev–Trinajstić information content (AvgIpc) is 2.37. The lowest BCUT2D eigenvalue weighted by Crippen LogP contribution is -2.50. The number of rotatable bonds is 5. The smallest absolute Gasteiger partial charge is 0.237 e. The van der Waals surface area contributed by atoms with Gasteiger partial charge in [-0.3, -0.25) is 9.69 Å². The van der Waals surface area contributed by atoms with Crippen molar-refractivity contribution in [2.45, 2.75) is 52.1 Å². The summed E-state index contributed by atoms with van der Waals surface area (Å²) in [6.45, 7) is 7.71. The summed E-state index contributed by atoms with van der Waals surface area (Å²) in [6.07, 6.45) is 3.75. The Hall–Kier alpha value is -0.900. The third kappa shape index (κ3) is 4.11. The van der Waals surface area contributed by atoms with E-state index in [1.165, 1.54) is 0 Å². The van der Waals surface area contributed by atoms with Gasteiger partial charge in [-0.2, -0.15) is 0 Å². The number of amides is 1. The molecule has 0 aromatic heterocycles. The van der Waals surface area contributed by atoms with E-state index in [1.807, 2.05) is 13.8 Å². The van der Waals surface area contributed by atoms with Crippen molar-refractivity contribution < 1.29 is 9.59 Å². The van der Waals surface area contributed by atoms with Crippen molar-refractivity contribution in [3.8, 4) is 0 Å². The fraction of sp³-hybridized carbons (Fsp3) is 0.846. The van der Waals surface area contributed by atoms with Crippen LogP contribution >= 0.6 is 0 Å². The van der Waals surface area contributed by atoms with Gasteiger partial charge in [0.2, 0.25) is 5.91 Å². The summed E-state index contributed by atoms with van der Waals surface area (Å²) in [5, 5.41) is 3.00. The molecule has 0 radical (unpaired) electrons. The quantitative estimate of drug-likeness (QED) is 0.735. The van der Waals surface area contributed by atoms with Gasteiger partial charge in [0.1, 0.15) is 6.29 Å². The summed E-state index contributed by atoms with van der Waals surface area (Å²) in [5.74, 6) is 0.292. The van der Waals surface area contributed by atoms with Crippen LogP contribution in [-0.2, 0) is 9.59 Å². The Morgan fingerprint density at radius 3 is 2.47 bits per heavy atom. The lowest BCUT2D eigenvalue weighted by atomic mass is 9.97. The van der Waals surface area contributed by atoms with Crippen LogP contribution in [0, 0.1) is 5.92 Å². The number of carbonyl (C=O) groups excluding carboxylic acids is 2. The number of likely N-dealkylation sites (tertiary alicyclic amines) is 1. The highest BCUT2D eigenvalue weighted by Gasteiger charge is 2.26. The summed E-state index contributed by atoms with van der Waals surface area (Å²) in [4.78, 5) is 24.8. The van der Waals surface area contributed by atoms with Crippen LogP contribution in [0.2, 0.25) is 0 Å². The normalized spacial score (nSPS) is 21.8. The molecule has 1 amide bonds. The van der Waals surface area contributed by atoms with Crippen molar-refractivity contribution >= 4 is 12.2 Å². The van der Waals surface area contributed by atoms with Crippen LogP contribution in [0.3, 0.4) is 0 Å². The highest BCUT2D eigenvalue weighted by molar-refractivity contribution is 5.81. The Balaban J connectivity index is 2.39. The molecule has 1 rings (SSSR count). The summed E-state index contributed by atoms with van der Waals surface area (Å²) in [7, 11) is 0. The van der Waals surface area contributed by atoms with Crippen LogP contribution in [0.5, 0.6) is 0 Å². The first-order valence-electron chi connectivity index (χ1n) is 6.58. The molecule has 1 heterocycles. The fourth-order valence-corrected chi connectivity index (χ4v) is 2.07. The van der Waals surface area contributed by atoms with Crippen LogP contribution in [0.15, 0.2) is 0 Å². The summed E-state index contributed by atoms with van der Waals surface area (Å²) in [6, 6.07) is 0.147. The second kappa shape index (κ2) is 6.74. The minimum absolute atomic E-state index is 0.0865. The second-order valence-electron chi connectivity index (χ2n) is 5.00. The van der Waals surface area contributed by atoms with Gasteiger partial charge in [-0.1, -0.05) is 6.92 Å². The van der Waals surface area contributed by atoms with Crippen LogP contribution < -0.4 is 5.32 Å². The molecule has 0 bridgehead atoms. The van der Waals surface area contributed by atoms with E-state index >= 15 is 0 Å². The Kier molecular flexibility index (Phi) is 5.62. The molecular weight excluding hydrogens is 216 g/mol. The lowest BCUT2D eigenvalue weighted by Gasteiger charge is -2.34. The summed E-state index contributed by atoms with van der Waals surface area (Å²) < 4.78 is 0. The van der Waals surface area contributed by atoms with Gasteiger partial charge in [0.05, 0.1) is 6.04 Å². The van der Waals surface area contributed by atoms with Gasteiger partial charge in [-0.05, 0) is 46.2 Å². The van der Waals surface area contributed by atoms with Gasteiger partial charge >= 0.3 is 0 Å². The molecule has 4 nitrogen and oxygen atoms in total. The number of hydrogen-bond donors (Lipinski definition) is 1. The fourth-order valence-electron chi connectivity index (χ4n) is 2.07. The van der Waals surface area contributed by atoms with Crippen molar-refractivity contribution in [3.05, 3.63) is 0 Å². The number of aldehydes is 1. The average molecular weight is 240 g/mol. The molecule has 4 heteroatoms. The number of nitrogens with zero attached hydrogens (tertiary/aromatic N) is 1. The molecule has 0 spiro atoms. The molecule has 17 heavy (non-hydrogen) atoms. The Labute approximate surface area is 104 Å². The third-order valence-electron chi connectivity index (χ3n) is 3.69. The van der Waals surface area contributed by atoms with Crippen LogP contribution in [-0.4, -0.2) is 42.3 Å². The monoisotopic (exact) mass is 240 g/mol. The van der Waals surface area contributed by atoms with Gasteiger partial charge in [-0.25, -0.2) is 0 Å². The van der Waals surface area contributed by atoms with Crippen molar-refractivity contribution in [2.75, 3.05) is 13.1 Å². The largest absolute Gasteiger partial charge is 0.352 e. The molecule has 1 saturated heterocycles. The zero-order chi connectivity index (χ0) is 12.8. The Morgan fingerprint density at radius 1 is 1.41 bits per heavy atom. The van der Waals surface area contributed by atoms with E-state index in [1.54, 1.807) is 0 Å². The predicted octanol–water partition coefficient (Wildman–Crippen LogP) is 1.20. The molecule has 1 aliphatic heterocycles. The molecule has 0 aromatic rings. The molecule has 1 aliphatic rings. The molecule has 1 N–H and O–H groups in total. The number of carbonyl (C=O) groups is 2.